The first kappa shape index (κ1) is 17.5. The number of aryl methyl sites for hydroxylation is 1. The number of methoxy groups -OCH3 is 1. The Bertz CT molecular complexity index is 420. The van der Waals surface area contributed by atoms with Crippen LogP contribution < -0.4 is 15.8 Å². The average molecular weight is 294 g/mol. The van der Waals surface area contributed by atoms with Crippen molar-refractivity contribution in [1.29, 1.82) is 0 Å². The Balaban J connectivity index is 2.27. The molecule has 0 radical (unpaired) electrons. The van der Waals surface area contributed by atoms with Gasteiger partial charge in [-0.1, -0.05) is 17.7 Å². The van der Waals surface area contributed by atoms with Gasteiger partial charge in [-0.05, 0) is 38.8 Å². The molecule has 0 saturated heterocycles. The van der Waals surface area contributed by atoms with Crippen molar-refractivity contribution < 1.29 is 14.3 Å². The van der Waals surface area contributed by atoms with Gasteiger partial charge in [0.1, 0.15) is 12.4 Å². The lowest BCUT2D eigenvalue weighted by Crippen LogP contribution is -2.46. The monoisotopic (exact) mass is 294 g/mol. The van der Waals surface area contributed by atoms with Crippen LogP contribution in [0.3, 0.4) is 0 Å². The molecule has 118 valence electrons. The summed E-state index contributed by atoms with van der Waals surface area (Å²) in [7, 11) is 1.64. The Kier molecular flexibility index (Phi) is 7.79. The second-order valence-electron chi connectivity index (χ2n) is 5.28. The Hall–Kier alpha value is -1.59. The van der Waals surface area contributed by atoms with Gasteiger partial charge in [-0.15, -0.1) is 0 Å². The van der Waals surface area contributed by atoms with Crippen LogP contribution in [0.4, 0.5) is 0 Å². The molecule has 3 N–H and O–H groups in total. The molecule has 5 nitrogen and oxygen atoms in total. The van der Waals surface area contributed by atoms with Gasteiger partial charge in [-0.2, -0.15) is 0 Å². The summed E-state index contributed by atoms with van der Waals surface area (Å²) in [4.78, 5) is 11.9. The summed E-state index contributed by atoms with van der Waals surface area (Å²) in [6, 6.07) is 7.23. The van der Waals surface area contributed by atoms with Gasteiger partial charge < -0.3 is 20.5 Å². The van der Waals surface area contributed by atoms with E-state index in [2.05, 4.69) is 5.32 Å². The molecule has 0 aliphatic rings. The molecule has 21 heavy (non-hydrogen) atoms. The van der Waals surface area contributed by atoms with E-state index in [-0.39, 0.29) is 11.9 Å². The number of ether oxygens (including phenoxy) is 2. The number of carbonyl (C=O) groups excluding carboxylic acids is 1. The van der Waals surface area contributed by atoms with Crippen molar-refractivity contribution in [3.8, 4) is 5.75 Å². The van der Waals surface area contributed by atoms with Crippen molar-refractivity contribution in [3.05, 3.63) is 29.8 Å². The van der Waals surface area contributed by atoms with Crippen molar-refractivity contribution >= 4 is 5.91 Å². The summed E-state index contributed by atoms with van der Waals surface area (Å²) < 4.78 is 10.6. The first-order valence-corrected chi connectivity index (χ1v) is 7.27. The topological polar surface area (TPSA) is 73.6 Å². The molecular weight excluding hydrogens is 268 g/mol. The largest absolute Gasteiger partial charge is 0.491 e. The third-order valence-electron chi connectivity index (χ3n) is 3.11. The van der Waals surface area contributed by atoms with Gasteiger partial charge in [-0.25, -0.2) is 0 Å². The van der Waals surface area contributed by atoms with Crippen molar-refractivity contribution in [2.45, 2.75) is 38.8 Å². The zero-order chi connectivity index (χ0) is 15.7. The molecule has 1 amide bonds. The van der Waals surface area contributed by atoms with Crippen LogP contribution in [0.2, 0.25) is 0 Å². The highest BCUT2D eigenvalue weighted by Gasteiger charge is 2.15. The van der Waals surface area contributed by atoms with E-state index in [0.29, 0.717) is 19.6 Å². The maximum atomic E-state index is 11.9. The van der Waals surface area contributed by atoms with Crippen molar-refractivity contribution in [2.24, 2.45) is 5.73 Å². The number of hydrogen-bond donors (Lipinski definition) is 2. The Morgan fingerprint density at radius 2 is 2.00 bits per heavy atom. The van der Waals surface area contributed by atoms with E-state index < -0.39 is 6.04 Å². The molecule has 0 saturated carbocycles. The fourth-order valence-corrected chi connectivity index (χ4v) is 1.83. The SMILES string of the molecule is COCCCC(N)C(=O)NC(C)COc1ccc(C)cc1. The van der Waals surface area contributed by atoms with E-state index in [0.717, 1.165) is 12.2 Å². The van der Waals surface area contributed by atoms with Crippen LogP contribution in [0.15, 0.2) is 24.3 Å². The average Bonchev–Trinajstić information content (AvgIpc) is 2.46. The zero-order valence-electron chi connectivity index (χ0n) is 13.1. The molecule has 5 heteroatoms. The van der Waals surface area contributed by atoms with Crippen molar-refractivity contribution in [2.75, 3.05) is 20.3 Å². The third-order valence-corrected chi connectivity index (χ3v) is 3.11. The van der Waals surface area contributed by atoms with Crippen LogP contribution in [-0.4, -0.2) is 38.3 Å². The van der Waals surface area contributed by atoms with Crippen molar-refractivity contribution in [1.82, 2.24) is 5.32 Å². The lowest BCUT2D eigenvalue weighted by atomic mass is 10.1. The number of amides is 1. The molecule has 1 rings (SSSR count). The maximum absolute atomic E-state index is 11.9. The molecule has 0 aliphatic heterocycles. The number of hydrogen-bond acceptors (Lipinski definition) is 4. The summed E-state index contributed by atoms with van der Waals surface area (Å²) >= 11 is 0. The van der Waals surface area contributed by atoms with E-state index in [4.69, 9.17) is 15.2 Å². The van der Waals surface area contributed by atoms with E-state index in [9.17, 15) is 4.79 Å². The molecule has 2 atom stereocenters. The van der Waals surface area contributed by atoms with Gasteiger partial charge in [0.15, 0.2) is 0 Å². The molecule has 0 aliphatic carbocycles. The fourth-order valence-electron chi connectivity index (χ4n) is 1.83. The summed E-state index contributed by atoms with van der Waals surface area (Å²) in [5, 5.41) is 2.86. The Morgan fingerprint density at radius 3 is 2.62 bits per heavy atom. The molecule has 0 aromatic heterocycles. The van der Waals surface area contributed by atoms with Gasteiger partial charge in [0.05, 0.1) is 12.1 Å². The number of nitrogens with two attached hydrogens (primary N) is 1. The highest BCUT2D eigenvalue weighted by molar-refractivity contribution is 5.81. The highest BCUT2D eigenvalue weighted by atomic mass is 16.5. The summed E-state index contributed by atoms with van der Waals surface area (Å²) in [5.74, 6) is 0.650. The number of carbonyl (C=O) groups is 1. The van der Waals surface area contributed by atoms with Crippen LogP contribution in [0.5, 0.6) is 5.75 Å². The van der Waals surface area contributed by atoms with Crippen molar-refractivity contribution in [3.63, 3.8) is 0 Å². The van der Waals surface area contributed by atoms with E-state index in [1.165, 1.54) is 5.56 Å². The second kappa shape index (κ2) is 9.37. The lowest BCUT2D eigenvalue weighted by Gasteiger charge is -2.18. The Morgan fingerprint density at radius 1 is 1.33 bits per heavy atom. The standard InChI is InChI=1S/C16H26N2O3/c1-12-6-8-14(9-7-12)21-11-13(2)18-16(19)15(17)5-4-10-20-3/h6-9,13,15H,4-5,10-11,17H2,1-3H3,(H,18,19). The molecule has 0 bridgehead atoms. The van der Waals surface area contributed by atoms with Crippen LogP contribution in [-0.2, 0) is 9.53 Å². The normalized spacial score (nSPS) is 13.5. The van der Waals surface area contributed by atoms with Gasteiger partial charge in [0.25, 0.3) is 0 Å². The summed E-state index contributed by atoms with van der Waals surface area (Å²) in [6.07, 6.45) is 1.39. The summed E-state index contributed by atoms with van der Waals surface area (Å²) in [5.41, 5.74) is 7.01. The smallest absolute Gasteiger partial charge is 0.237 e. The van der Waals surface area contributed by atoms with Crippen LogP contribution in [0.1, 0.15) is 25.3 Å². The minimum atomic E-state index is -0.498. The maximum Gasteiger partial charge on any atom is 0.237 e. The predicted molar refractivity (Wildman–Crippen MR) is 83.4 cm³/mol. The summed E-state index contributed by atoms with van der Waals surface area (Å²) in [6.45, 7) is 4.96. The highest BCUT2D eigenvalue weighted by Crippen LogP contribution is 2.11. The minimum Gasteiger partial charge on any atom is -0.491 e. The third kappa shape index (κ3) is 7.11. The van der Waals surface area contributed by atoms with E-state index >= 15 is 0 Å². The molecule has 0 heterocycles. The van der Waals surface area contributed by atoms with Crippen LogP contribution in [0, 0.1) is 6.92 Å². The minimum absolute atomic E-state index is 0.0905. The Labute approximate surface area is 126 Å². The van der Waals surface area contributed by atoms with Crippen LogP contribution in [0.25, 0.3) is 0 Å². The van der Waals surface area contributed by atoms with Crippen LogP contribution >= 0.6 is 0 Å². The van der Waals surface area contributed by atoms with E-state index in [1.807, 2.05) is 38.1 Å². The zero-order valence-corrected chi connectivity index (χ0v) is 13.1. The molecule has 0 spiro atoms. The van der Waals surface area contributed by atoms with Gasteiger partial charge >= 0.3 is 0 Å². The number of rotatable bonds is 9. The quantitative estimate of drug-likeness (QED) is 0.679. The molecule has 1 aromatic rings. The van der Waals surface area contributed by atoms with Gasteiger partial charge in [0.2, 0.25) is 5.91 Å². The number of nitrogens with one attached hydrogen (secondary N) is 1. The van der Waals surface area contributed by atoms with Gasteiger partial charge in [0, 0.05) is 13.7 Å². The fraction of sp³-hybridized carbons (Fsp3) is 0.562. The first-order chi connectivity index (χ1) is 10.0. The molecule has 1 aromatic carbocycles. The van der Waals surface area contributed by atoms with E-state index in [1.54, 1.807) is 7.11 Å². The lowest BCUT2D eigenvalue weighted by molar-refractivity contribution is -0.123. The molecule has 0 fully saturated rings. The molecular formula is C16H26N2O3. The van der Waals surface area contributed by atoms with Gasteiger partial charge in [-0.3, -0.25) is 4.79 Å². The first-order valence-electron chi connectivity index (χ1n) is 7.27. The second-order valence-corrected chi connectivity index (χ2v) is 5.28. The number of benzene rings is 1. The predicted octanol–water partition coefficient (Wildman–Crippen LogP) is 1.63. The molecule has 2 unspecified atom stereocenters.